The molecule has 0 spiro atoms. The standard InChI is InChI=1S/C24H35N7O.HI/c1-3-25-24(31-16-14-29(15-17-31)21-6-4-5-7-22(21)32)27-19-20-8-9-23(26-18-20)30-12-10-28(2)11-13-30;/h4-9,18,32H,3,10-17,19H2,1-2H3,(H,25,27);1H. The Kier molecular flexibility index (Phi) is 9.42. The van der Waals surface area contributed by atoms with Crippen molar-refractivity contribution in [2.75, 3.05) is 75.8 Å². The first-order valence-corrected chi connectivity index (χ1v) is 11.6. The molecule has 2 aliphatic rings. The van der Waals surface area contributed by atoms with E-state index in [2.05, 4.69) is 56.0 Å². The van der Waals surface area contributed by atoms with Crippen LogP contribution in [0.25, 0.3) is 0 Å². The van der Waals surface area contributed by atoms with Gasteiger partial charge in [0.2, 0.25) is 0 Å². The molecule has 0 amide bonds. The number of rotatable bonds is 5. The van der Waals surface area contributed by atoms with Crippen molar-refractivity contribution in [3.63, 3.8) is 0 Å². The van der Waals surface area contributed by atoms with E-state index in [4.69, 9.17) is 4.99 Å². The molecule has 9 heteroatoms. The van der Waals surface area contributed by atoms with Gasteiger partial charge in [-0.2, -0.15) is 0 Å². The van der Waals surface area contributed by atoms with E-state index in [0.29, 0.717) is 12.3 Å². The van der Waals surface area contributed by atoms with Gasteiger partial charge in [-0.1, -0.05) is 18.2 Å². The van der Waals surface area contributed by atoms with Crippen molar-refractivity contribution in [1.82, 2.24) is 20.1 Å². The summed E-state index contributed by atoms with van der Waals surface area (Å²) in [6, 6.07) is 11.8. The molecule has 0 saturated carbocycles. The zero-order valence-corrected chi connectivity index (χ0v) is 22.0. The Morgan fingerprint density at radius 2 is 1.67 bits per heavy atom. The van der Waals surface area contributed by atoms with Gasteiger partial charge in [0.25, 0.3) is 0 Å². The van der Waals surface area contributed by atoms with Crippen molar-refractivity contribution >= 4 is 41.4 Å². The molecule has 3 heterocycles. The molecule has 33 heavy (non-hydrogen) atoms. The molecule has 2 fully saturated rings. The van der Waals surface area contributed by atoms with E-state index < -0.39 is 0 Å². The third-order valence-corrected chi connectivity index (χ3v) is 6.18. The summed E-state index contributed by atoms with van der Waals surface area (Å²) in [4.78, 5) is 18.8. The lowest BCUT2D eigenvalue weighted by Crippen LogP contribution is -2.52. The molecule has 0 atom stereocenters. The van der Waals surface area contributed by atoms with Crippen molar-refractivity contribution in [2.24, 2.45) is 4.99 Å². The molecule has 0 aliphatic carbocycles. The number of aromatic hydroxyl groups is 1. The molecule has 2 N–H and O–H groups in total. The van der Waals surface area contributed by atoms with Crippen molar-refractivity contribution in [2.45, 2.75) is 13.5 Å². The molecular weight excluding hydrogens is 529 g/mol. The highest BCUT2D eigenvalue weighted by Gasteiger charge is 2.21. The van der Waals surface area contributed by atoms with Gasteiger partial charge in [0, 0.05) is 65.1 Å². The highest BCUT2D eigenvalue weighted by molar-refractivity contribution is 14.0. The minimum atomic E-state index is 0. The molecule has 8 nitrogen and oxygen atoms in total. The molecular formula is C24H36IN7O. The van der Waals surface area contributed by atoms with Crippen LogP contribution in [0.15, 0.2) is 47.6 Å². The summed E-state index contributed by atoms with van der Waals surface area (Å²) in [5, 5.41) is 13.6. The first kappa shape index (κ1) is 25.4. The average molecular weight is 566 g/mol. The number of hydrogen-bond donors (Lipinski definition) is 2. The van der Waals surface area contributed by atoms with Crippen molar-refractivity contribution in [3.05, 3.63) is 48.2 Å². The summed E-state index contributed by atoms with van der Waals surface area (Å²) in [5.41, 5.74) is 2.02. The van der Waals surface area contributed by atoms with Gasteiger partial charge in [-0.05, 0) is 37.7 Å². The van der Waals surface area contributed by atoms with Crippen LogP contribution in [0, 0.1) is 0 Å². The number of hydrogen-bond acceptors (Lipinski definition) is 6. The quantitative estimate of drug-likeness (QED) is 0.328. The van der Waals surface area contributed by atoms with E-state index in [9.17, 15) is 5.11 Å². The Labute approximate surface area is 214 Å². The van der Waals surface area contributed by atoms with Gasteiger partial charge in [-0.3, -0.25) is 0 Å². The predicted octanol–water partition coefficient (Wildman–Crippen LogP) is 2.44. The molecule has 1 aromatic carbocycles. The summed E-state index contributed by atoms with van der Waals surface area (Å²) in [6.07, 6.45) is 1.96. The second kappa shape index (κ2) is 12.3. The van der Waals surface area contributed by atoms with E-state index in [1.807, 2.05) is 24.4 Å². The molecule has 2 saturated heterocycles. The second-order valence-corrected chi connectivity index (χ2v) is 8.45. The van der Waals surface area contributed by atoms with Crippen molar-refractivity contribution < 1.29 is 5.11 Å². The van der Waals surface area contributed by atoms with Crippen LogP contribution in [0.1, 0.15) is 12.5 Å². The molecule has 2 aliphatic heterocycles. The number of aliphatic imine (C=N–C) groups is 1. The van der Waals surface area contributed by atoms with Gasteiger partial charge in [0.05, 0.1) is 12.2 Å². The fourth-order valence-corrected chi connectivity index (χ4v) is 4.22. The smallest absolute Gasteiger partial charge is 0.194 e. The van der Waals surface area contributed by atoms with Gasteiger partial charge < -0.3 is 30.0 Å². The lowest BCUT2D eigenvalue weighted by Gasteiger charge is -2.37. The Balaban J connectivity index is 0.00000306. The number of anilines is 2. The number of nitrogens with one attached hydrogen (secondary N) is 1. The third-order valence-electron chi connectivity index (χ3n) is 6.18. The Morgan fingerprint density at radius 3 is 2.30 bits per heavy atom. The third kappa shape index (κ3) is 6.63. The molecule has 0 radical (unpaired) electrons. The zero-order valence-electron chi connectivity index (χ0n) is 19.7. The summed E-state index contributed by atoms with van der Waals surface area (Å²) >= 11 is 0. The van der Waals surface area contributed by atoms with Gasteiger partial charge in [0.15, 0.2) is 5.96 Å². The largest absolute Gasteiger partial charge is 0.506 e. The number of pyridine rings is 1. The van der Waals surface area contributed by atoms with Gasteiger partial charge in [-0.25, -0.2) is 9.98 Å². The molecule has 0 bridgehead atoms. The fourth-order valence-electron chi connectivity index (χ4n) is 4.22. The predicted molar refractivity (Wildman–Crippen MR) is 146 cm³/mol. The maximum atomic E-state index is 10.1. The normalized spacial score (nSPS) is 17.6. The lowest BCUT2D eigenvalue weighted by molar-refractivity contribution is 0.312. The summed E-state index contributed by atoms with van der Waals surface area (Å²) < 4.78 is 0. The van der Waals surface area contributed by atoms with Crippen molar-refractivity contribution in [3.8, 4) is 5.75 Å². The Hall–Kier alpha value is -2.27. The van der Waals surface area contributed by atoms with Gasteiger partial charge >= 0.3 is 0 Å². The summed E-state index contributed by atoms with van der Waals surface area (Å²) in [6.45, 7) is 11.2. The monoisotopic (exact) mass is 565 g/mol. The van der Waals surface area contributed by atoms with E-state index >= 15 is 0 Å². The summed E-state index contributed by atoms with van der Waals surface area (Å²) in [5.74, 6) is 2.33. The van der Waals surface area contributed by atoms with Gasteiger partial charge in [0.1, 0.15) is 11.6 Å². The van der Waals surface area contributed by atoms with Crippen LogP contribution in [0.2, 0.25) is 0 Å². The van der Waals surface area contributed by atoms with Gasteiger partial charge in [-0.15, -0.1) is 24.0 Å². The van der Waals surface area contributed by atoms with Crippen LogP contribution in [0.4, 0.5) is 11.5 Å². The van der Waals surface area contributed by atoms with Crippen LogP contribution in [-0.4, -0.2) is 91.8 Å². The number of aromatic nitrogens is 1. The van der Waals surface area contributed by atoms with Crippen LogP contribution >= 0.6 is 24.0 Å². The number of guanidine groups is 1. The SMILES string of the molecule is CCNC(=NCc1ccc(N2CCN(C)CC2)nc1)N1CCN(c2ccccc2O)CC1.I. The first-order valence-electron chi connectivity index (χ1n) is 11.6. The lowest BCUT2D eigenvalue weighted by atomic mass is 10.2. The molecule has 4 rings (SSSR count). The van der Waals surface area contributed by atoms with E-state index in [1.54, 1.807) is 6.07 Å². The highest BCUT2D eigenvalue weighted by Crippen LogP contribution is 2.27. The number of nitrogens with zero attached hydrogens (tertiary/aromatic N) is 6. The molecule has 1 aromatic heterocycles. The second-order valence-electron chi connectivity index (χ2n) is 8.45. The minimum Gasteiger partial charge on any atom is -0.506 e. The van der Waals surface area contributed by atoms with E-state index in [-0.39, 0.29) is 24.0 Å². The number of phenolic OH excluding ortho intramolecular Hbond substituents is 1. The number of benzene rings is 1. The van der Waals surface area contributed by atoms with Crippen LogP contribution < -0.4 is 15.1 Å². The van der Waals surface area contributed by atoms with Crippen LogP contribution in [0.3, 0.4) is 0 Å². The maximum Gasteiger partial charge on any atom is 0.194 e. The maximum absolute atomic E-state index is 10.1. The average Bonchev–Trinajstić information content (AvgIpc) is 2.83. The van der Waals surface area contributed by atoms with Crippen LogP contribution in [-0.2, 0) is 6.54 Å². The molecule has 0 unspecified atom stereocenters. The zero-order chi connectivity index (χ0) is 22.3. The van der Waals surface area contributed by atoms with E-state index in [1.165, 1.54) is 0 Å². The number of para-hydroxylation sites is 2. The van der Waals surface area contributed by atoms with Crippen molar-refractivity contribution in [1.29, 1.82) is 0 Å². The Morgan fingerprint density at radius 1 is 0.970 bits per heavy atom. The van der Waals surface area contributed by atoms with E-state index in [0.717, 1.165) is 81.9 Å². The number of halogens is 1. The number of phenols is 1. The topological polar surface area (TPSA) is 70.5 Å². The minimum absolute atomic E-state index is 0. The Bertz CT molecular complexity index is 892. The summed E-state index contributed by atoms with van der Waals surface area (Å²) in [7, 11) is 2.17. The molecule has 2 aromatic rings. The highest BCUT2D eigenvalue weighted by atomic mass is 127. The number of piperazine rings is 2. The number of likely N-dealkylation sites (N-methyl/N-ethyl adjacent to an activating group) is 1. The fraction of sp³-hybridized carbons (Fsp3) is 0.500. The first-order chi connectivity index (χ1) is 15.6. The van der Waals surface area contributed by atoms with Crippen LogP contribution in [0.5, 0.6) is 5.75 Å². The molecule has 180 valence electrons.